The predicted molar refractivity (Wildman–Crippen MR) is 78.1 cm³/mol. The highest BCUT2D eigenvalue weighted by Gasteiger charge is 2.39. The summed E-state index contributed by atoms with van der Waals surface area (Å²) in [5.41, 5.74) is 2.42. The fourth-order valence-corrected chi connectivity index (χ4v) is 3.68. The van der Waals surface area contributed by atoms with E-state index in [4.69, 9.17) is 0 Å². The molecule has 0 spiro atoms. The molecule has 2 heterocycles. The van der Waals surface area contributed by atoms with Crippen molar-refractivity contribution >= 4 is 5.91 Å². The Morgan fingerprint density at radius 3 is 3.00 bits per heavy atom. The van der Waals surface area contributed by atoms with Gasteiger partial charge in [-0.2, -0.15) is 0 Å². The molecule has 1 aromatic heterocycles. The standard InChI is InChI=1S/C16H23N3O/c1-11-12(4-3-5-17-11)10-19(2)15-6-13-8-16(20)18-9-14(13)7-15/h3-5,13-15H,6-10H2,1-2H3,(H,18,20)/t13-,14+,15-/m1/s1. The second-order valence-corrected chi connectivity index (χ2v) is 6.32. The SMILES string of the molecule is Cc1ncccc1CN(C)[C@H]1C[C@H]2CNC(=O)C[C@H]2C1. The normalized spacial score (nSPS) is 29.4. The number of hydrogen-bond acceptors (Lipinski definition) is 3. The number of nitrogens with one attached hydrogen (secondary N) is 1. The molecule has 0 bridgehead atoms. The zero-order valence-corrected chi connectivity index (χ0v) is 12.3. The highest BCUT2D eigenvalue weighted by atomic mass is 16.1. The van der Waals surface area contributed by atoms with Crippen LogP contribution in [0.5, 0.6) is 0 Å². The number of carbonyl (C=O) groups excluding carboxylic acids is 1. The molecule has 1 aliphatic carbocycles. The van der Waals surface area contributed by atoms with Crippen LogP contribution < -0.4 is 5.32 Å². The van der Waals surface area contributed by atoms with Crippen LogP contribution in [0.4, 0.5) is 0 Å². The zero-order valence-electron chi connectivity index (χ0n) is 12.3. The summed E-state index contributed by atoms with van der Waals surface area (Å²) in [4.78, 5) is 18.3. The molecule has 1 aliphatic heterocycles. The molecule has 1 saturated carbocycles. The van der Waals surface area contributed by atoms with Crippen molar-refractivity contribution in [3.63, 3.8) is 0 Å². The molecule has 2 aliphatic rings. The van der Waals surface area contributed by atoms with Gasteiger partial charge in [0.2, 0.25) is 5.91 Å². The van der Waals surface area contributed by atoms with E-state index >= 15 is 0 Å². The lowest BCUT2D eigenvalue weighted by atomic mass is 9.89. The molecule has 1 aromatic rings. The van der Waals surface area contributed by atoms with Gasteiger partial charge in [-0.25, -0.2) is 0 Å². The molecule has 3 atom stereocenters. The third-order valence-electron chi connectivity index (χ3n) is 4.98. The predicted octanol–water partition coefficient (Wildman–Crippen LogP) is 1.74. The third kappa shape index (κ3) is 2.70. The van der Waals surface area contributed by atoms with Gasteiger partial charge in [-0.3, -0.25) is 14.7 Å². The monoisotopic (exact) mass is 273 g/mol. The van der Waals surface area contributed by atoms with Crippen LogP contribution in [0.25, 0.3) is 0 Å². The number of amides is 1. The molecule has 1 N–H and O–H groups in total. The minimum absolute atomic E-state index is 0.234. The molecule has 0 radical (unpaired) electrons. The first-order valence-corrected chi connectivity index (χ1v) is 7.51. The number of fused-ring (bicyclic) bond motifs is 1. The molecular weight excluding hydrogens is 250 g/mol. The number of pyridine rings is 1. The quantitative estimate of drug-likeness (QED) is 0.912. The second kappa shape index (κ2) is 5.52. The van der Waals surface area contributed by atoms with Crippen LogP contribution in [0, 0.1) is 18.8 Å². The highest BCUT2D eigenvalue weighted by Crippen LogP contribution is 2.38. The number of aromatic nitrogens is 1. The van der Waals surface area contributed by atoms with E-state index in [0.717, 1.165) is 31.6 Å². The lowest BCUT2D eigenvalue weighted by Gasteiger charge is -2.25. The molecule has 20 heavy (non-hydrogen) atoms. The number of nitrogens with zero attached hydrogens (tertiary/aromatic N) is 2. The molecule has 1 saturated heterocycles. The van der Waals surface area contributed by atoms with Crippen molar-refractivity contribution in [1.82, 2.24) is 15.2 Å². The minimum atomic E-state index is 0.234. The van der Waals surface area contributed by atoms with Crippen LogP contribution in [0.1, 0.15) is 30.5 Å². The number of piperidine rings is 1. The van der Waals surface area contributed by atoms with Crippen molar-refractivity contribution < 1.29 is 4.79 Å². The summed E-state index contributed by atoms with van der Waals surface area (Å²) in [6, 6.07) is 4.76. The van der Waals surface area contributed by atoms with Gasteiger partial charge >= 0.3 is 0 Å². The van der Waals surface area contributed by atoms with Crippen molar-refractivity contribution in [2.75, 3.05) is 13.6 Å². The first kappa shape index (κ1) is 13.6. The third-order valence-corrected chi connectivity index (χ3v) is 4.98. The minimum Gasteiger partial charge on any atom is -0.356 e. The summed E-state index contributed by atoms with van der Waals surface area (Å²) in [5.74, 6) is 1.50. The summed E-state index contributed by atoms with van der Waals surface area (Å²) in [5, 5.41) is 3.00. The topological polar surface area (TPSA) is 45.2 Å². The summed E-state index contributed by atoms with van der Waals surface area (Å²) >= 11 is 0. The van der Waals surface area contributed by atoms with Gasteiger partial charge in [-0.1, -0.05) is 6.07 Å². The van der Waals surface area contributed by atoms with E-state index in [1.807, 2.05) is 12.3 Å². The van der Waals surface area contributed by atoms with Gasteiger partial charge in [0.15, 0.2) is 0 Å². The Labute approximate surface area is 120 Å². The second-order valence-electron chi connectivity index (χ2n) is 6.32. The summed E-state index contributed by atoms with van der Waals surface area (Å²) in [6.45, 7) is 3.89. The Morgan fingerprint density at radius 1 is 1.40 bits per heavy atom. The van der Waals surface area contributed by atoms with Crippen molar-refractivity contribution in [2.24, 2.45) is 11.8 Å². The zero-order chi connectivity index (χ0) is 14.1. The number of hydrogen-bond donors (Lipinski definition) is 1. The Hall–Kier alpha value is -1.42. The van der Waals surface area contributed by atoms with Gasteiger partial charge in [-0.15, -0.1) is 0 Å². The van der Waals surface area contributed by atoms with E-state index in [0.29, 0.717) is 17.9 Å². The molecule has 108 valence electrons. The van der Waals surface area contributed by atoms with E-state index in [9.17, 15) is 4.79 Å². The van der Waals surface area contributed by atoms with Crippen LogP contribution in [0.3, 0.4) is 0 Å². The maximum atomic E-state index is 11.5. The van der Waals surface area contributed by atoms with E-state index in [2.05, 4.69) is 35.2 Å². The van der Waals surface area contributed by atoms with Gasteiger partial charge in [0.1, 0.15) is 0 Å². The Balaban J connectivity index is 1.63. The Morgan fingerprint density at radius 2 is 2.20 bits per heavy atom. The van der Waals surface area contributed by atoms with Crippen LogP contribution in [-0.2, 0) is 11.3 Å². The largest absolute Gasteiger partial charge is 0.356 e. The molecule has 3 rings (SSSR count). The van der Waals surface area contributed by atoms with E-state index in [-0.39, 0.29) is 5.91 Å². The van der Waals surface area contributed by atoms with Crippen molar-refractivity contribution in [1.29, 1.82) is 0 Å². The molecule has 4 nitrogen and oxygen atoms in total. The lowest BCUT2D eigenvalue weighted by molar-refractivity contribution is -0.124. The van der Waals surface area contributed by atoms with E-state index in [1.165, 1.54) is 12.0 Å². The molecule has 4 heteroatoms. The van der Waals surface area contributed by atoms with Gasteiger partial charge in [-0.05, 0) is 50.3 Å². The Kier molecular flexibility index (Phi) is 3.74. The van der Waals surface area contributed by atoms with E-state index < -0.39 is 0 Å². The average molecular weight is 273 g/mol. The highest BCUT2D eigenvalue weighted by molar-refractivity contribution is 5.77. The van der Waals surface area contributed by atoms with Crippen molar-refractivity contribution in [3.05, 3.63) is 29.6 Å². The maximum Gasteiger partial charge on any atom is 0.220 e. The Bertz CT molecular complexity index is 502. The number of rotatable bonds is 3. The van der Waals surface area contributed by atoms with Crippen molar-refractivity contribution in [2.45, 2.75) is 38.8 Å². The van der Waals surface area contributed by atoms with Gasteiger partial charge < -0.3 is 5.32 Å². The van der Waals surface area contributed by atoms with Crippen LogP contribution in [-0.4, -0.2) is 35.4 Å². The van der Waals surface area contributed by atoms with E-state index in [1.54, 1.807) is 0 Å². The molecule has 1 amide bonds. The van der Waals surface area contributed by atoms with Crippen LogP contribution >= 0.6 is 0 Å². The maximum absolute atomic E-state index is 11.5. The lowest BCUT2D eigenvalue weighted by Crippen LogP contribution is -2.38. The summed E-state index contributed by atoms with van der Waals surface area (Å²) < 4.78 is 0. The molecule has 0 aromatic carbocycles. The average Bonchev–Trinajstić information content (AvgIpc) is 2.84. The summed E-state index contributed by atoms with van der Waals surface area (Å²) in [6.07, 6.45) is 4.94. The van der Waals surface area contributed by atoms with Crippen LogP contribution in [0.2, 0.25) is 0 Å². The summed E-state index contributed by atoms with van der Waals surface area (Å²) in [7, 11) is 2.20. The fraction of sp³-hybridized carbons (Fsp3) is 0.625. The molecular formula is C16H23N3O. The first-order chi connectivity index (χ1) is 9.63. The molecule has 0 unspecified atom stereocenters. The van der Waals surface area contributed by atoms with Gasteiger partial charge in [0, 0.05) is 37.4 Å². The first-order valence-electron chi connectivity index (χ1n) is 7.51. The smallest absolute Gasteiger partial charge is 0.220 e. The number of carbonyl (C=O) groups is 1. The van der Waals surface area contributed by atoms with Crippen molar-refractivity contribution in [3.8, 4) is 0 Å². The van der Waals surface area contributed by atoms with Gasteiger partial charge in [0.25, 0.3) is 0 Å². The van der Waals surface area contributed by atoms with Gasteiger partial charge in [0.05, 0.1) is 0 Å². The fourth-order valence-electron chi connectivity index (χ4n) is 3.68. The number of aryl methyl sites for hydroxylation is 1. The molecule has 2 fully saturated rings. The van der Waals surface area contributed by atoms with Crippen LogP contribution in [0.15, 0.2) is 18.3 Å².